The first-order valence-corrected chi connectivity index (χ1v) is 10.2. The molecule has 5 heteroatoms. The molecule has 152 valence electrons. The lowest BCUT2D eigenvalue weighted by molar-refractivity contribution is -0.0679. The molecule has 0 aromatic heterocycles. The van der Waals surface area contributed by atoms with Crippen molar-refractivity contribution in [1.82, 2.24) is 10.2 Å². The maximum atomic E-state index is 12.2. The molecule has 1 fully saturated rings. The van der Waals surface area contributed by atoms with Crippen LogP contribution in [-0.4, -0.2) is 49.3 Å². The van der Waals surface area contributed by atoms with Gasteiger partial charge in [0, 0.05) is 43.0 Å². The summed E-state index contributed by atoms with van der Waals surface area (Å²) in [7, 11) is 0. The molecule has 1 aliphatic rings. The first kappa shape index (κ1) is 20.9. The van der Waals surface area contributed by atoms with E-state index in [1.165, 1.54) is 0 Å². The smallest absolute Gasteiger partial charge is 0.319 e. The van der Waals surface area contributed by atoms with Crippen molar-refractivity contribution in [2.75, 3.05) is 31.5 Å². The van der Waals surface area contributed by atoms with E-state index >= 15 is 0 Å². The standard InChI is InChI=1S/C24H29N3O2/c1-19-17-27(18-20(2)29-19)15-7-14-25-24(28)26-23-11-6-10-22(16-23)13-12-21-8-4-3-5-9-21/h3-6,8-11,16,19-20H,7,14-15,17-18H2,1-2H3,(H2,25,26,28). The van der Waals surface area contributed by atoms with Gasteiger partial charge in [0.2, 0.25) is 0 Å². The molecule has 2 N–H and O–H groups in total. The molecular formula is C24H29N3O2. The number of ether oxygens (including phenoxy) is 1. The number of hydrogen-bond donors (Lipinski definition) is 2. The fourth-order valence-electron chi connectivity index (χ4n) is 3.49. The van der Waals surface area contributed by atoms with Gasteiger partial charge in [0.05, 0.1) is 12.2 Å². The summed E-state index contributed by atoms with van der Waals surface area (Å²) in [4.78, 5) is 14.6. The van der Waals surface area contributed by atoms with Gasteiger partial charge in [-0.3, -0.25) is 4.90 Å². The molecule has 1 heterocycles. The zero-order valence-corrected chi connectivity index (χ0v) is 17.2. The van der Waals surface area contributed by atoms with E-state index in [2.05, 4.69) is 41.2 Å². The Bertz CT molecular complexity index is 847. The maximum Gasteiger partial charge on any atom is 0.319 e. The number of hydrogen-bond acceptors (Lipinski definition) is 3. The van der Waals surface area contributed by atoms with Gasteiger partial charge in [0.1, 0.15) is 0 Å². The summed E-state index contributed by atoms with van der Waals surface area (Å²) in [5, 5.41) is 5.81. The summed E-state index contributed by atoms with van der Waals surface area (Å²) in [6.07, 6.45) is 1.45. The number of carbonyl (C=O) groups excluding carboxylic acids is 1. The Morgan fingerprint density at radius 2 is 1.72 bits per heavy atom. The summed E-state index contributed by atoms with van der Waals surface area (Å²) < 4.78 is 5.75. The third-order valence-electron chi connectivity index (χ3n) is 4.68. The van der Waals surface area contributed by atoms with E-state index < -0.39 is 0 Å². The van der Waals surface area contributed by atoms with Crippen LogP contribution in [0.2, 0.25) is 0 Å². The van der Waals surface area contributed by atoms with Gasteiger partial charge in [-0.25, -0.2) is 4.79 Å². The van der Waals surface area contributed by atoms with E-state index in [1.807, 2.05) is 54.6 Å². The Balaban J connectivity index is 1.42. The number of anilines is 1. The molecule has 0 radical (unpaired) electrons. The van der Waals surface area contributed by atoms with E-state index in [9.17, 15) is 4.79 Å². The molecule has 2 atom stereocenters. The number of carbonyl (C=O) groups is 1. The number of nitrogens with one attached hydrogen (secondary N) is 2. The van der Waals surface area contributed by atoms with Crippen molar-refractivity contribution < 1.29 is 9.53 Å². The van der Waals surface area contributed by atoms with Crippen molar-refractivity contribution >= 4 is 11.7 Å². The van der Waals surface area contributed by atoms with Gasteiger partial charge >= 0.3 is 6.03 Å². The topological polar surface area (TPSA) is 53.6 Å². The van der Waals surface area contributed by atoms with E-state index in [0.717, 1.165) is 42.9 Å². The molecular weight excluding hydrogens is 362 g/mol. The zero-order valence-electron chi connectivity index (χ0n) is 17.2. The van der Waals surface area contributed by atoms with E-state index in [0.29, 0.717) is 6.54 Å². The third kappa shape index (κ3) is 7.26. The number of nitrogens with zero attached hydrogens (tertiary/aromatic N) is 1. The SMILES string of the molecule is CC1CN(CCCNC(=O)Nc2cccc(C#Cc3ccccc3)c2)CC(C)O1. The minimum Gasteiger partial charge on any atom is -0.373 e. The van der Waals surface area contributed by atoms with Crippen molar-refractivity contribution in [3.63, 3.8) is 0 Å². The second-order valence-electron chi connectivity index (χ2n) is 7.45. The van der Waals surface area contributed by atoms with E-state index in [1.54, 1.807) is 0 Å². The lowest BCUT2D eigenvalue weighted by Crippen LogP contribution is -2.46. The molecule has 1 aliphatic heterocycles. The van der Waals surface area contributed by atoms with Crippen LogP contribution in [-0.2, 0) is 4.74 Å². The number of amides is 2. The Hall–Kier alpha value is -2.81. The van der Waals surface area contributed by atoms with Gasteiger partial charge in [-0.15, -0.1) is 0 Å². The fourth-order valence-corrected chi connectivity index (χ4v) is 3.49. The molecule has 0 spiro atoms. The van der Waals surface area contributed by atoms with Crippen molar-refractivity contribution in [2.24, 2.45) is 0 Å². The largest absolute Gasteiger partial charge is 0.373 e. The minimum atomic E-state index is -0.193. The van der Waals surface area contributed by atoms with Gasteiger partial charge in [-0.05, 0) is 50.6 Å². The van der Waals surface area contributed by atoms with Crippen LogP contribution in [0.1, 0.15) is 31.4 Å². The summed E-state index contributed by atoms with van der Waals surface area (Å²) in [6.45, 7) is 7.71. The first-order chi connectivity index (χ1) is 14.1. The van der Waals surface area contributed by atoms with Crippen LogP contribution in [0.15, 0.2) is 54.6 Å². The van der Waals surface area contributed by atoms with Crippen molar-refractivity contribution in [3.8, 4) is 11.8 Å². The van der Waals surface area contributed by atoms with Crippen LogP contribution >= 0.6 is 0 Å². The van der Waals surface area contributed by atoms with Crippen LogP contribution in [0.3, 0.4) is 0 Å². The van der Waals surface area contributed by atoms with Crippen molar-refractivity contribution in [2.45, 2.75) is 32.5 Å². The normalized spacial score (nSPS) is 19.1. The third-order valence-corrected chi connectivity index (χ3v) is 4.68. The van der Waals surface area contributed by atoms with Gasteiger partial charge in [-0.2, -0.15) is 0 Å². The Labute approximate surface area is 173 Å². The van der Waals surface area contributed by atoms with Gasteiger partial charge < -0.3 is 15.4 Å². The highest BCUT2D eigenvalue weighted by Crippen LogP contribution is 2.11. The molecule has 2 amide bonds. The number of rotatable bonds is 5. The lowest BCUT2D eigenvalue weighted by Gasteiger charge is -2.35. The zero-order chi connectivity index (χ0) is 20.5. The molecule has 2 unspecified atom stereocenters. The highest BCUT2D eigenvalue weighted by Gasteiger charge is 2.21. The molecule has 0 aliphatic carbocycles. The predicted octanol–water partition coefficient (Wildman–Crippen LogP) is 3.71. The maximum absolute atomic E-state index is 12.2. The number of benzene rings is 2. The molecule has 5 nitrogen and oxygen atoms in total. The summed E-state index contributed by atoms with van der Waals surface area (Å²) >= 11 is 0. The van der Waals surface area contributed by atoms with E-state index in [4.69, 9.17) is 4.74 Å². The minimum absolute atomic E-state index is 0.193. The van der Waals surface area contributed by atoms with Gasteiger partial charge in [0.15, 0.2) is 0 Å². The fraction of sp³-hybridized carbons (Fsp3) is 0.375. The number of morpholine rings is 1. The predicted molar refractivity (Wildman–Crippen MR) is 117 cm³/mol. The second kappa shape index (κ2) is 10.7. The lowest BCUT2D eigenvalue weighted by atomic mass is 10.1. The van der Waals surface area contributed by atoms with E-state index in [-0.39, 0.29) is 18.2 Å². The summed E-state index contributed by atoms with van der Waals surface area (Å²) in [5.74, 6) is 6.26. The Kier molecular flexibility index (Phi) is 7.69. The summed E-state index contributed by atoms with van der Waals surface area (Å²) in [5.41, 5.74) is 2.56. The molecule has 1 saturated heterocycles. The van der Waals surface area contributed by atoms with Crippen molar-refractivity contribution in [1.29, 1.82) is 0 Å². The highest BCUT2D eigenvalue weighted by molar-refractivity contribution is 5.89. The molecule has 0 saturated carbocycles. The summed E-state index contributed by atoms with van der Waals surface area (Å²) in [6, 6.07) is 17.2. The average molecular weight is 392 g/mol. The van der Waals surface area contributed by atoms with Crippen molar-refractivity contribution in [3.05, 3.63) is 65.7 Å². The molecule has 0 bridgehead atoms. The van der Waals surface area contributed by atoms with Crippen LogP contribution in [0.4, 0.5) is 10.5 Å². The highest BCUT2D eigenvalue weighted by atomic mass is 16.5. The monoisotopic (exact) mass is 391 g/mol. The molecule has 2 aromatic rings. The quantitative estimate of drug-likeness (QED) is 0.604. The van der Waals surface area contributed by atoms with Crippen LogP contribution in [0.5, 0.6) is 0 Å². The van der Waals surface area contributed by atoms with Crippen LogP contribution < -0.4 is 10.6 Å². The van der Waals surface area contributed by atoms with Gasteiger partial charge in [-0.1, -0.05) is 36.1 Å². The molecule has 2 aromatic carbocycles. The van der Waals surface area contributed by atoms with Crippen LogP contribution in [0, 0.1) is 11.8 Å². The molecule has 29 heavy (non-hydrogen) atoms. The average Bonchev–Trinajstić information content (AvgIpc) is 2.70. The first-order valence-electron chi connectivity index (χ1n) is 10.2. The Morgan fingerprint density at radius 3 is 2.48 bits per heavy atom. The van der Waals surface area contributed by atoms with Crippen LogP contribution in [0.25, 0.3) is 0 Å². The Morgan fingerprint density at radius 1 is 1.03 bits per heavy atom. The number of urea groups is 1. The molecule has 3 rings (SSSR count). The van der Waals surface area contributed by atoms with Gasteiger partial charge in [0.25, 0.3) is 0 Å². The second-order valence-corrected chi connectivity index (χ2v) is 7.45.